The van der Waals surface area contributed by atoms with E-state index >= 15 is 0 Å². The van der Waals surface area contributed by atoms with Gasteiger partial charge in [-0.15, -0.1) is 0 Å². The average molecular weight is 479 g/mol. The van der Waals surface area contributed by atoms with E-state index in [1.165, 1.54) is 10.5 Å². The molecule has 35 heavy (non-hydrogen) atoms. The van der Waals surface area contributed by atoms with Crippen LogP contribution < -0.4 is 11.0 Å². The Labute approximate surface area is 202 Å². The topological polar surface area (TPSA) is 104 Å². The lowest BCUT2D eigenvalue weighted by Crippen LogP contribution is -2.36. The van der Waals surface area contributed by atoms with Crippen LogP contribution in [0.25, 0.3) is 16.7 Å². The fourth-order valence-corrected chi connectivity index (χ4v) is 5.07. The van der Waals surface area contributed by atoms with Gasteiger partial charge in [-0.2, -0.15) is 4.99 Å². The Morgan fingerprint density at radius 2 is 2.00 bits per heavy atom. The van der Waals surface area contributed by atoms with E-state index in [0.717, 1.165) is 44.9 Å². The quantitative estimate of drug-likeness (QED) is 0.412. The lowest BCUT2D eigenvalue weighted by Gasteiger charge is -2.20. The molecule has 1 aliphatic heterocycles. The summed E-state index contributed by atoms with van der Waals surface area (Å²) in [6.45, 7) is 2.85. The van der Waals surface area contributed by atoms with Gasteiger partial charge in [-0.25, -0.2) is 9.78 Å². The highest BCUT2D eigenvalue weighted by Crippen LogP contribution is 2.25. The number of pyridine rings is 2. The van der Waals surface area contributed by atoms with E-state index in [9.17, 15) is 14.4 Å². The van der Waals surface area contributed by atoms with Gasteiger partial charge in [0.25, 0.3) is 11.5 Å². The van der Waals surface area contributed by atoms with Crippen LogP contribution in [-0.2, 0) is 20.8 Å². The second-order valence-electron chi connectivity index (χ2n) is 9.22. The number of ether oxygens (including phenoxy) is 2. The Morgan fingerprint density at radius 1 is 1.17 bits per heavy atom. The summed E-state index contributed by atoms with van der Waals surface area (Å²) in [7, 11) is 0. The molecule has 0 radical (unpaired) electrons. The van der Waals surface area contributed by atoms with Crippen LogP contribution in [-0.4, -0.2) is 45.1 Å². The van der Waals surface area contributed by atoms with Gasteiger partial charge in [0.05, 0.1) is 24.6 Å². The molecular formula is C26H30N4O5. The molecular weight excluding hydrogens is 448 g/mol. The van der Waals surface area contributed by atoms with Crippen molar-refractivity contribution in [2.75, 3.05) is 13.2 Å². The van der Waals surface area contributed by atoms with Crippen LogP contribution in [0.1, 0.15) is 62.2 Å². The highest BCUT2D eigenvalue weighted by atomic mass is 16.5. The van der Waals surface area contributed by atoms with Gasteiger partial charge in [0.15, 0.2) is 5.49 Å². The normalized spacial score (nSPS) is 19.5. The minimum atomic E-state index is -0.622. The third-order valence-corrected chi connectivity index (χ3v) is 6.87. The zero-order valence-electron chi connectivity index (χ0n) is 19.9. The van der Waals surface area contributed by atoms with E-state index in [2.05, 4.69) is 4.99 Å². The van der Waals surface area contributed by atoms with Crippen molar-refractivity contribution in [3.8, 4) is 0 Å². The monoisotopic (exact) mass is 478 g/mol. The minimum Gasteiger partial charge on any atom is -0.462 e. The molecule has 1 aliphatic carbocycles. The Balaban J connectivity index is 1.81. The van der Waals surface area contributed by atoms with Crippen molar-refractivity contribution >= 4 is 28.6 Å². The summed E-state index contributed by atoms with van der Waals surface area (Å²) in [6.07, 6.45) is 7.96. The number of carbonyl (C=O) groups is 2. The minimum absolute atomic E-state index is 0.0938. The molecule has 9 nitrogen and oxygen atoms in total. The lowest BCUT2D eigenvalue weighted by atomic mass is 9.89. The smallest absolute Gasteiger partial charge is 0.341 e. The first-order valence-electron chi connectivity index (χ1n) is 12.5. The van der Waals surface area contributed by atoms with Crippen molar-refractivity contribution < 1.29 is 19.1 Å². The summed E-state index contributed by atoms with van der Waals surface area (Å²) in [5, 5.41) is 0.263. The second kappa shape index (κ2) is 10.1. The van der Waals surface area contributed by atoms with E-state index in [1.807, 2.05) is 6.07 Å². The maximum absolute atomic E-state index is 13.4. The van der Waals surface area contributed by atoms with Gasteiger partial charge in [-0.3, -0.25) is 14.0 Å². The van der Waals surface area contributed by atoms with Crippen LogP contribution in [0.4, 0.5) is 0 Å². The molecule has 4 heterocycles. The molecule has 1 saturated heterocycles. The number of hydrogen-bond acceptors (Lipinski definition) is 6. The lowest BCUT2D eigenvalue weighted by molar-refractivity contribution is -0.122. The highest BCUT2D eigenvalue weighted by molar-refractivity contribution is 5.93. The number of rotatable bonds is 5. The fraction of sp³-hybridized carbons (Fsp3) is 0.500. The average Bonchev–Trinajstić information content (AvgIpc) is 3.39. The van der Waals surface area contributed by atoms with E-state index in [1.54, 1.807) is 29.8 Å². The van der Waals surface area contributed by atoms with Crippen molar-refractivity contribution in [2.24, 2.45) is 10.9 Å². The second-order valence-corrected chi connectivity index (χ2v) is 9.22. The van der Waals surface area contributed by atoms with Gasteiger partial charge in [0.1, 0.15) is 16.9 Å². The number of esters is 1. The zero-order valence-corrected chi connectivity index (χ0v) is 19.9. The Morgan fingerprint density at radius 3 is 2.74 bits per heavy atom. The SMILES string of the molecule is CCOC(=O)c1cc2c(=O)n3ccccc3nc2n(CC2CCCO2)c1=NC(=O)C1CCCCC1. The molecule has 1 atom stereocenters. The molecule has 0 aromatic carbocycles. The summed E-state index contributed by atoms with van der Waals surface area (Å²) in [5.41, 5.74) is 0.826. The third kappa shape index (κ3) is 4.65. The van der Waals surface area contributed by atoms with Crippen LogP contribution in [0.5, 0.6) is 0 Å². The summed E-state index contributed by atoms with van der Waals surface area (Å²) >= 11 is 0. The van der Waals surface area contributed by atoms with Gasteiger partial charge in [-0.1, -0.05) is 25.3 Å². The molecule has 2 aliphatic rings. The third-order valence-electron chi connectivity index (χ3n) is 6.87. The fourth-order valence-electron chi connectivity index (χ4n) is 5.07. The van der Waals surface area contributed by atoms with Gasteiger partial charge in [-0.05, 0) is 50.8 Å². The molecule has 0 bridgehead atoms. The van der Waals surface area contributed by atoms with Gasteiger partial charge >= 0.3 is 5.97 Å². The van der Waals surface area contributed by atoms with Crippen molar-refractivity contribution in [1.29, 1.82) is 0 Å². The number of aromatic nitrogens is 3. The van der Waals surface area contributed by atoms with Crippen LogP contribution in [0.15, 0.2) is 40.2 Å². The van der Waals surface area contributed by atoms with Crippen molar-refractivity contribution in [3.05, 3.63) is 51.9 Å². The van der Waals surface area contributed by atoms with E-state index in [-0.39, 0.29) is 46.5 Å². The number of carbonyl (C=O) groups excluding carboxylic acids is 2. The van der Waals surface area contributed by atoms with Crippen LogP contribution in [0, 0.1) is 5.92 Å². The Kier molecular flexibility index (Phi) is 6.77. The van der Waals surface area contributed by atoms with Crippen LogP contribution in [0.2, 0.25) is 0 Å². The predicted molar refractivity (Wildman–Crippen MR) is 129 cm³/mol. The molecule has 3 aromatic rings. The van der Waals surface area contributed by atoms with Crippen molar-refractivity contribution in [1.82, 2.24) is 14.0 Å². The first kappa shape index (κ1) is 23.4. The molecule has 3 aromatic heterocycles. The molecule has 1 amide bonds. The number of fused-ring (bicyclic) bond motifs is 2. The maximum Gasteiger partial charge on any atom is 0.341 e. The highest BCUT2D eigenvalue weighted by Gasteiger charge is 2.26. The maximum atomic E-state index is 13.4. The Bertz CT molecular complexity index is 1390. The standard InChI is InChI=1S/C26H30N4O5/c1-2-34-26(33)20-15-19-22(27-21-12-6-7-13-29(21)25(19)32)30(16-18-11-8-14-35-18)23(20)28-24(31)17-9-4-3-5-10-17/h6-7,12-13,15,17-18H,2-5,8-11,14,16H2,1H3. The van der Waals surface area contributed by atoms with E-state index in [4.69, 9.17) is 14.5 Å². The molecule has 9 heteroatoms. The molecule has 5 rings (SSSR count). The number of amides is 1. The molecule has 1 saturated carbocycles. The van der Waals surface area contributed by atoms with Gasteiger partial charge in [0, 0.05) is 18.7 Å². The van der Waals surface area contributed by atoms with E-state index in [0.29, 0.717) is 24.4 Å². The molecule has 0 spiro atoms. The summed E-state index contributed by atoms with van der Waals surface area (Å²) in [4.78, 5) is 49.0. The van der Waals surface area contributed by atoms with Gasteiger partial charge in [0.2, 0.25) is 0 Å². The molecule has 0 N–H and O–H groups in total. The largest absolute Gasteiger partial charge is 0.462 e. The Hall–Kier alpha value is -3.33. The number of hydrogen-bond donors (Lipinski definition) is 0. The number of nitrogens with zero attached hydrogens (tertiary/aromatic N) is 4. The van der Waals surface area contributed by atoms with Crippen LogP contribution in [0.3, 0.4) is 0 Å². The molecule has 2 fully saturated rings. The summed E-state index contributed by atoms with van der Waals surface area (Å²) in [6, 6.07) is 6.78. The molecule has 184 valence electrons. The van der Waals surface area contributed by atoms with Crippen molar-refractivity contribution in [3.63, 3.8) is 0 Å². The summed E-state index contributed by atoms with van der Waals surface area (Å²) in [5.74, 6) is -1.03. The van der Waals surface area contributed by atoms with Gasteiger partial charge < -0.3 is 14.0 Å². The summed E-state index contributed by atoms with van der Waals surface area (Å²) < 4.78 is 14.3. The predicted octanol–water partition coefficient (Wildman–Crippen LogP) is 3.01. The zero-order chi connectivity index (χ0) is 24.4. The van der Waals surface area contributed by atoms with E-state index < -0.39 is 5.97 Å². The first-order valence-corrected chi connectivity index (χ1v) is 12.5. The van der Waals surface area contributed by atoms with Crippen molar-refractivity contribution in [2.45, 2.75) is 64.5 Å². The molecule has 1 unspecified atom stereocenters. The van der Waals surface area contributed by atoms with Crippen LogP contribution >= 0.6 is 0 Å². The first-order chi connectivity index (χ1) is 17.1.